The van der Waals surface area contributed by atoms with Crippen LogP contribution in [0.2, 0.25) is 0 Å². The molecule has 0 spiro atoms. The van der Waals surface area contributed by atoms with Crippen molar-refractivity contribution in [1.29, 1.82) is 0 Å². The standard InChI is InChI=1S/C20H24N4O3/c1-5-7-24(19-13-6-8-23(4)18(13)21-11-22-19)20(27)15-9-14(12(2)3)16(25)10-17(15)26/h6,8-12,25-26H,5,7H2,1-4H3. The van der Waals surface area contributed by atoms with Gasteiger partial charge in [-0.15, -0.1) is 0 Å². The van der Waals surface area contributed by atoms with Crippen LogP contribution in [0.1, 0.15) is 49.0 Å². The van der Waals surface area contributed by atoms with Crippen molar-refractivity contribution in [3.8, 4) is 11.5 Å². The van der Waals surface area contributed by atoms with Gasteiger partial charge in [0.15, 0.2) is 0 Å². The number of aromatic hydroxyl groups is 2. The molecule has 0 saturated heterocycles. The third-order valence-corrected chi connectivity index (χ3v) is 4.59. The first-order valence-electron chi connectivity index (χ1n) is 8.98. The maximum Gasteiger partial charge on any atom is 0.263 e. The van der Waals surface area contributed by atoms with Crippen LogP contribution in [0.5, 0.6) is 11.5 Å². The van der Waals surface area contributed by atoms with E-state index >= 15 is 0 Å². The summed E-state index contributed by atoms with van der Waals surface area (Å²) in [5.41, 5.74) is 1.49. The quantitative estimate of drug-likeness (QED) is 0.718. The van der Waals surface area contributed by atoms with Crippen molar-refractivity contribution in [3.63, 3.8) is 0 Å². The molecule has 0 aliphatic heterocycles. The molecule has 0 saturated carbocycles. The van der Waals surface area contributed by atoms with Gasteiger partial charge in [0.25, 0.3) is 5.91 Å². The number of hydrogen-bond donors (Lipinski definition) is 2. The van der Waals surface area contributed by atoms with Crippen LogP contribution in [0.3, 0.4) is 0 Å². The molecule has 0 fully saturated rings. The van der Waals surface area contributed by atoms with Gasteiger partial charge in [-0.2, -0.15) is 0 Å². The van der Waals surface area contributed by atoms with Crippen molar-refractivity contribution in [2.75, 3.05) is 11.4 Å². The van der Waals surface area contributed by atoms with Gasteiger partial charge < -0.3 is 14.8 Å². The second kappa shape index (κ2) is 7.26. The van der Waals surface area contributed by atoms with Crippen molar-refractivity contribution in [2.24, 2.45) is 7.05 Å². The van der Waals surface area contributed by atoms with Crippen LogP contribution < -0.4 is 4.90 Å². The maximum absolute atomic E-state index is 13.3. The number of phenolic OH excluding ortho intramolecular Hbond substituents is 2. The number of aromatic nitrogens is 3. The van der Waals surface area contributed by atoms with Crippen LogP contribution in [0.4, 0.5) is 5.82 Å². The van der Waals surface area contributed by atoms with E-state index in [1.807, 2.05) is 44.6 Å². The second-order valence-electron chi connectivity index (χ2n) is 6.90. The maximum atomic E-state index is 13.3. The zero-order valence-corrected chi connectivity index (χ0v) is 16.0. The monoisotopic (exact) mass is 368 g/mol. The van der Waals surface area contributed by atoms with Gasteiger partial charge in [0.1, 0.15) is 29.3 Å². The van der Waals surface area contributed by atoms with Crippen LogP contribution in [0, 0.1) is 0 Å². The van der Waals surface area contributed by atoms with Gasteiger partial charge in [0.05, 0.1) is 10.9 Å². The molecule has 3 aromatic rings. The van der Waals surface area contributed by atoms with Crippen LogP contribution in [0.25, 0.3) is 11.0 Å². The highest BCUT2D eigenvalue weighted by Gasteiger charge is 2.25. The highest BCUT2D eigenvalue weighted by atomic mass is 16.3. The number of nitrogens with zero attached hydrogens (tertiary/aromatic N) is 4. The van der Waals surface area contributed by atoms with Gasteiger partial charge in [-0.1, -0.05) is 20.8 Å². The van der Waals surface area contributed by atoms with Gasteiger partial charge in [-0.3, -0.25) is 9.69 Å². The number of aryl methyl sites for hydroxylation is 1. The highest BCUT2D eigenvalue weighted by molar-refractivity contribution is 6.10. The van der Waals surface area contributed by atoms with Gasteiger partial charge >= 0.3 is 0 Å². The number of benzene rings is 1. The summed E-state index contributed by atoms with van der Waals surface area (Å²) in [7, 11) is 1.88. The van der Waals surface area contributed by atoms with Gasteiger partial charge in [-0.25, -0.2) is 9.97 Å². The Kier molecular flexibility index (Phi) is 5.03. The van der Waals surface area contributed by atoms with Crippen molar-refractivity contribution < 1.29 is 15.0 Å². The smallest absolute Gasteiger partial charge is 0.263 e. The summed E-state index contributed by atoms with van der Waals surface area (Å²) in [5, 5.41) is 21.1. The molecule has 0 unspecified atom stereocenters. The molecule has 0 aliphatic carbocycles. The van der Waals surface area contributed by atoms with Crippen LogP contribution >= 0.6 is 0 Å². The molecule has 27 heavy (non-hydrogen) atoms. The Morgan fingerprint density at radius 1 is 1.22 bits per heavy atom. The van der Waals surface area contributed by atoms with E-state index in [9.17, 15) is 15.0 Å². The number of carbonyl (C=O) groups excluding carboxylic acids is 1. The van der Waals surface area contributed by atoms with E-state index < -0.39 is 0 Å². The number of anilines is 1. The fourth-order valence-electron chi connectivity index (χ4n) is 3.18. The van der Waals surface area contributed by atoms with Crippen LogP contribution in [-0.2, 0) is 7.05 Å². The molecule has 0 radical (unpaired) electrons. The molecule has 0 aliphatic rings. The van der Waals surface area contributed by atoms with E-state index in [2.05, 4.69) is 9.97 Å². The molecule has 2 N–H and O–H groups in total. The Hall–Kier alpha value is -3.09. The Morgan fingerprint density at radius 3 is 2.63 bits per heavy atom. The summed E-state index contributed by atoms with van der Waals surface area (Å²) < 4.78 is 1.87. The predicted octanol–water partition coefficient (Wildman–Crippen LogP) is 3.56. The average Bonchev–Trinajstić information content (AvgIpc) is 3.00. The fourth-order valence-corrected chi connectivity index (χ4v) is 3.18. The first-order chi connectivity index (χ1) is 12.8. The number of phenols is 2. The lowest BCUT2D eigenvalue weighted by molar-refractivity contribution is 0.0983. The minimum Gasteiger partial charge on any atom is -0.508 e. The number of fused-ring (bicyclic) bond motifs is 1. The SMILES string of the molecule is CCCN(C(=O)c1cc(C(C)C)c(O)cc1O)c1ncnc2c1ccn2C. The number of amides is 1. The minimum atomic E-state index is -0.361. The zero-order valence-electron chi connectivity index (χ0n) is 16.0. The van der Waals surface area contributed by atoms with E-state index in [4.69, 9.17) is 0 Å². The van der Waals surface area contributed by atoms with Crippen molar-refractivity contribution in [3.05, 3.63) is 41.9 Å². The van der Waals surface area contributed by atoms with E-state index in [1.165, 1.54) is 12.4 Å². The number of carbonyl (C=O) groups is 1. The van der Waals surface area contributed by atoms with Crippen LogP contribution in [-0.4, -0.2) is 37.2 Å². The fraction of sp³-hybridized carbons (Fsp3) is 0.350. The molecule has 0 atom stereocenters. The molecule has 1 aromatic carbocycles. The summed E-state index contributed by atoms with van der Waals surface area (Å²) in [6, 6.07) is 4.66. The summed E-state index contributed by atoms with van der Waals surface area (Å²) >= 11 is 0. The van der Waals surface area contributed by atoms with E-state index in [0.29, 0.717) is 17.9 Å². The van der Waals surface area contributed by atoms with Crippen LogP contribution in [0.15, 0.2) is 30.7 Å². The molecule has 2 heterocycles. The molecule has 1 amide bonds. The molecule has 3 rings (SSSR count). The highest BCUT2D eigenvalue weighted by Crippen LogP contribution is 2.34. The van der Waals surface area contributed by atoms with Crippen molar-refractivity contribution in [2.45, 2.75) is 33.1 Å². The lowest BCUT2D eigenvalue weighted by atomic mass is 9.98. The minimum absolute atomic E-state index is 0.0108. The summed E-state index contributed by atoms with van der Waals surface area (Å²) in [6.07, 6.45) is 4.02. The first kappa shape index (κ1) is 18.7. The molecular weight excluding hydrogens is 344 g/mol. The summed E-state index contributed by atoms with van der Waals surface area (Å²) in [6.45, 7) is 6.25. The summed E-state index contributed by atoms with van der Waals surface area (Å²) in [5.74, 6) is -0.113. The third kappa shape index (κ3) is 3.32. The van der Waals surface area contributed by atoms with Crippen molar-refractivity contribution in [1.82, 2.24) is 14.5 Å². The lowest BCUT2D eigenvalue weighted by Gasteiger charge is -2.23. The van der Waals surface area contributed by atoms with E-state index in [1.54, 1.807) is 11.0 Å². The topological polar surface area (TPSA) is 91.5 Å². The zero-order chi connectivity index (χ0) is 19.7. The largest absolute Gasteiger partial charge is 0.508 e. The predicted molar refractivity (Wildman–Crippen MR) is 104 cm³/mol. The van der Waals surface area contributed by atoms with E-state index in [0.717, 1.165) is 17.5 Å². The molecule has 7 heteroatoms. The Balaban J connectivity index is 2.13. The number of hydrogen-bond acceptors (Lipinski definition) is 5. The van der Waals surface area contributed by atoms with Gasteiger partial charge in [0.2, 0.25) is 0 Å². The Labute approximate surface area is 157 Å². The molecular formula is C20H24N4O3. The second-order valence-corrected chi connectivity index (χ2v) is 6.90. The van der Waals surface area contributed by atoms with Crippen molar-refractivity contribution >= 4 is 22.8 Å². The Morgan fingerprint density at radius 2 is 1.96 bits per heavy atom. The molecule has 0 bridgehead atoms. The number of rotatable bonds is 5. The average molecular weight is 368 g/mol. The molecule has 2 aromatic heterocycles. The van der Waals surface area contributed by atoms with E-state index in [-0.39, 0.29) is 28.9 Å². The normalized spacial score (nSPS) is 11.3. The molecule has 142 valence electrons. The third-order valence-electron chi connectivity index (χ3n) is 4.59. The Bertz CT molecular complexity index is 994. The lowest BCUT2D eigenvalue weighted by Crippen LogP contribution is -2.32. The summed E-state index contributed by atoms with van der Waals surface area (Å²) in [4.78, 5) is 23.5. The van der Waals surface area contributed by atoms with Gasteiger partial charge in [-0.05, 0) is 30.0 Å². The first-order valence-corrected chi connectivity index (χ1v) is 8.98. The molecule has 7 nitrogen and oxygen atoms in total. The van der Waals surface area contributed by atoms with Gasteiger partial charge in [0, 0.05) is 25.9 Å².